The van der Waals surface area contributed by atoms with Crippen molar-refractivity contribution in [2.45, 2.75) is 25.3 Å². The van der Waals surface area contributed by atoms with Gasteiger partial charge in [-0.2, -0.15) is 0 Å². The van der Waals surface area contributed by atoms with Gasteiger partial charge in [0.2, 0.25) is 0 Å². The van der Waals surface area contributed by atoms with Gasteiger partial charge in [-0.25, -0.2) is 4.79 Å². The van der Waals surface area contributed by atoms with Crippen LogP contribution >= 0.6 is 34.2 Å². The van der Waals surface area contributed by atoms with E-state index in [0.29, 0.717) is 29.3 Å². The number of carboxylic acids is 1. The number of benzene rings is 1. The first-order chi connectivity index (χ1) is 9.95. The van der Waals surface area contributed by atoms with E-state index in [0.717, 1.165) is 16.4 Å². The Bertz CT molecular complexity index is 578. The highest BCUT2D eigenvalue weighted by molar-refractivity contribution is 14.1. The summed E-state index contributed by atoms with van der Waals surface area (Å²) in [6, 6.07) is 2.43. The van der Waals surface area contributed by atoms with Crippen molar-refractivity contribution in [2.24, 2.45) is 0 Å². The zero-order chi connectivity index (χ0) is 15.6. The molecule has 0 spiro atoms. The van der Waals surface area contributed by atoms with E-state index in [-0.39, 0.29) is 5.91 Å². The van der Waals surface area contributed by atoms with Gasteiger partial charge in [-0.05, 0) is 54.0 Å². The monoisotopic (exact) mass is 423 g/mol. The fourth-order valence-corrected chi connectivity index (χ4v) is 3.05. The highest BCUT2D eigenvalue weighted by atomic mass is 127. The third kappa shape index (κ3) is 3.42. The molecule has 1 fully saturated rings. The van der Waals surface area contributed by atoms with Crippen molar-refractivity contribution in [2.75, 3.05) is 13.7 Å². The second kappa shape index (κ2) is 6.83. The van der Waals surface area contributed by atoms with Crippen molar-refractivity contribution in [1.29, 1.82) is 0 Å². The molecule has 1 heterocycles. The lowest BCUT2D eigenvalue weighted by Crippen LogP contribution is -2.48. The van der Waals surface area contributed by atoms with Crippen LogP contribution in [0.2, 0.25) is 5.02 Å². The molecule has 1 amide bonds. The van der Waals surface area contributed by atoms with Crippen LogP contribution < -0.4 is 4.74 Å². The van der Waals surface area contributed by atoms with Gasteiger partial charge in [-0.15, -0.1) is 0 Å². The molecule has 1 aromatic rings. The van der Waals surface area contributed by atoms with Gasteiger partial charge in [0.05, 0.1) is 17.7 Å². The van der Waals surface area contributed by atoms with Crippen molar-refractivity contribution < 1.29 is 19.4 Å². The van der Waals surface area contributed by atoms with Crippen LogP contribution in [0.5, 0.6) is 5.75 Å². The summed E-state index contributed by atoms with van der Waals surface area (Å²) in [4.78, 5) is 25.4. The first-order valence-electron chi connectivity index (χ1n) is 6.52. The van der Waals surface area contributed by atoms with Crippen LogP contribution in [0.15, 0.2) is 12.1 Å². The Labute approximate surface area is 141 Å². The zero-order valence-corrected chi connectivity index (χ0v) is 14.3. The van der Waals surface area contributed by atoms with Crippen LogP contribution in [0.1, 0.15) is 29.6 Å². The number of amides is 1. The van der Waals surface area contributed by atoms with Crippen molar-refractivity contribution in [3.63, 3.8) is 0 Å². The average molecular weight is 424 g/mol. The Balaban J connectivity index is 2.38. The van der Waals surface area contributed by atoms with E-state index in [2.05, 4.69) is 22.6 Å². The molecule has 1 aromatic carbocycles. The fourth-order valence-electron chi connectivity index (χ4n) is 2.45. The number of nitrogens with zero attached hydrogens (tertiary/aromatic N) is 1. The number of carboxylic acid groups (broad SMARTS) is 1. The molecule has 5 nitrogen and oxygen atoms in total. The number of piperidine rings is 1. The highest BCUT2D eigenvalue weighted by Gasteiger charge is 2.33. The number of hydrogen-bond acceptors (Lipinski definition) is 3. The minimum absolute atomic E-state index is 0.302. The molecule has 0 aliphatic carbocycles. The summed E-state index contributed by atoms with van der Waals surface area (Å²) in [5.74, 6) is -0.917. The Morgan fingerprint density at radius 3 is 2.76 bits per heavy atom. The maximum Gasteiger partial charge on any atom is 0.326 e. The number of carbonyl (C=O) groups is 2. The molecule has 0 bridgehead atoms. The first kappa shape index (κ1) is 16.4. The van der Waals surface area contributed by atoms with Gasteiger partial charge in [0, 0.05) is 10.1 Å². The molecule has 2 rings (SSSR count). The molecule has 0 aromatic heterocycles. The Morgan fingerprint density at radius 2 is 2.14 bits per heavy atom. The second-order valence-electron chi connectivity index (χ2n) is 4.81. The molecule has 0 saturated carbocycles. The van der Waals surface area contributed by atoms with Crippen LogP contribution in [0.4, 0.5) is 0 Å². The molecular weight excluding hydrogens is 409 g/mol. The summed E-state index contributed by atoms with van der Waals surface area (Å²) in [5, 5.41) is 9.73. The summed E-state index contributed by atoms with van der Waals surface area (Å²) in [5.41, 5.74) is 0.302. The minimum Gasteiger partial charge on any atom is -0.496 e. The van der Waals surface area contributed by atoms with Crippen LogP contribution in [-0.4, -0.2) is 41.6 Å². The molecule has 1 aliphatic rings. The third-order valence-electron chi connectivity index (χ3n) is 3.52. The van der Waals surface area contributed by atoms with Crippen molar-refractivity contribution in [1.82, 2.24) is 4.90 Å². The van der Waals surface area contributed by atoms with E-state index in [1.807, 2.05) is 0 Å². The zero-order valence-electron chi connectivity index (χ0n) is 11.4. The van der Waals surface area contributed by atoms with Gasteiger partial charge in [0.1, 0.15) is 11.8 Å². The topological polar surface area (TPSA) is 66.8 Å². The molecule has 1 atom stereocenters. The van der Waals surface area contributed by atoms with E-state index in [9.17, 15) is 14.7 Å². The van der Waals surface area contributed by atoms with E-state index >= 15 is 0 Å². The van der Waals surface area contributed by atoms with Gasteiger partial charge in [-0.3, -0.25) is 4.79 Å². The number of carbonyl (C=O) groups excluding carboxylic acids is 1. The molecule has 21 heavy (non-hydrogen) atoms. The van der Waals surface area contributed by atoms with E-state index < -0.39 is 12.0 Å². The highest BCUT2D eigenvalue weighted by Crippen LogP contribution is 2.30. The van der Waals surface area contributed by atoms with Crippen LogP contribution in [-0.2, 0) is 4.79 Å². The predicted octanol–water partition coefficient (Wildman–Crippen LogP) is 3.03. The van der Waals surface area contributed by atoms with Gasteiger partial charge in [0.15, 0.2) is 0 Å². The number of likely N-dealkylation sites (tertiary alicyclic amines) is 1. The molecule has 0 radical (unpaired) electrons. The quantitative estimate of drug-likeness (QED) is 0.759. The van der Waals surface area contributed by atoms with Gasteiger partial charge in [-0.1, -0.05) is 11.6 Å². The average Bonchev–Trinajstić information content (AvgIpc) is 2.48. The lowest BCUT2D eigenvalue weighted by atomic mass is 10.0. The van der Waals surface area contributed by atoms with Gasteiger partial charge < -0.3 is 14.7 Å². The maximum absolute atomic E-state index is 12.7. The van der Waals surface area contributed by atoms with Crippen LogP contribution in [0.25, 0.3) is 0 Å². The standard InChI is InChI=1S/C14H15ClINO4/c1-21-12-7-10(16)9(15)6-8(12)13(18)17-5-3-2-4-11(17)14(19)20/h6-7,11H,2-5H2,1H3,(H,19,20)/t11-/m0/s1. The fraction of sp³-hybridized carbons (Fsp3) is 0.429. The number of rotatable bonds is 3. The summed E-state index contributed by atoms with van der Waals surface area (Å²) in [6.07, 6.45) is 2.09. The molecule has 7 heteroatoms. The van der Waals surface area contributed by atoms with Gasteiger partial charge in [0.25, 0.3) is 5.91 Å². The van der Waals surface area contributed by atoms with Crippen molar-refractivity contribution >= 4 is 46.1 Å². The maximum atomic E-state index is 12.7. The molecular formula is C14H15ClINO4. The first-order valence-corrected chi connectivity index (χ1v) is 7.98. The normalized spacial score (nSPS) is 18.4. The van der Waals surface area contributed by atoms with E-state index in [4.69, 9.17) is 16.3 Å². The Kier molecular flexibility index (Phi) is 5.32. The summed E-state index contributed by atoms with van der Waals surface area (Å²) < 4.78 is 6.00. The van der Waals surface area contributed by atoms with Crippen molar-refractivity contribution in [3.05, 3.63) is 26.3 Å². The minimum atomic E-state index is -0.973. The Hall–Kier alpha value is -1.02. The summed E-state index contributed by atoms with van der Waals surface area (Å²) in [6.45, 7) is 0.433. The van der Waals surface area contributed by atoms with Crippen molar-refractivity contribution in [3.8, 4) is 5.75 Å². The number of hydrogen-bond donors (Lipinski definition) is 1. The molecule has 0 unspecified atom stereocenters. The van der Waals surface area contributed by atoms with E-state index in [1.54, 1.807) is 6.07 Å². The number of methoxy groups -OCH3 is 1. The number of aliphatic carboxylic acids is 1. The lowest BCUT2D eigenvalue weighted by molar-refractivity contribution is -0.143. The predicted molar refractivity (Wildman–Crippen MR) is 87.0 cm³/mol. The molecule has 1 saturated heterocycles. The number of ether oxygens (including phenoxy) is 1. The second-order valence-corrected chi connectivity index (χ2v) is 6.38. The SMILES string of the molecule is COc1cc(I)c(Cl)cc1C(=O)N1CCCC[C@H]1C(=O)O. The smallest absolute Gasteiger partial charge is 0.326 e. The lowest BCUT2D eigenvalue weighted by Gasteiger charge is -2.33. The van der Waals surface area contributed by atoms with Crippen LogP contribution in [0.3, 0.4) is 0 Å². The Morgan fingerprint density at radius 1 is 1.43 bits per heavy atom. The van der Waals surface area contributed by atoms with Crippen LogP contribution in [0, 0.1) is 3.57 Å². The molecule has 1 aliphatic heterocycles. The number of halogens is 2. The third-order valence-corrected chi connectivity index (χ3v) is 5.05. The summed E-state index contributed by atoms with van der Waals surface area (Å²) >= 11 is 8.13. The summed E-state index contributed by atoms with van der Waals surface area (Å²) in [7, 11) is 1.47. The van der Waals surface area contributed by atoms with Gasteiger partial charge >= 0.3 is 5.97 Å². The molecule has 1 N–H and O–H groups in total. The molecule has 114 valence electrons. The largest absolute Gasteiger partial charge is 0.496 e. The van der Waals surface area contributed by atoms with E-state index in [1.165, 1.54) is 18.1 Å².